The molecule has 0 fully saturated rings. The molecule has 1 aromatic heterocycles. The van der Waals surface area contributed by atoms with E-state index < -0.39 is 0 Å². The fraction of sp³-hybridized carbons (Fsp3) is 0.273. The van der Waals surface area contributed by atoms with Crippen LogP contribution in [-0.2, 0) is 15.1 Å². The molecule has 5 heteroatoms. The molecule has 2 aromatic carbocycles. The first-order valence-electron chi connectivity index (χ1n) is 9.22. The Kier molecular flexibility index (Phi) is 4.87. The number of ether oxygens (including phenoxy) is 1. The number of carbonyl (C=O) groups excluding carboxylic acids is 1. The number of carbonyl (C=O) groups is 1. The summed E-state index contributed by atoms with van der Waals surface area (Å²) >= 11 is 3.54. The summed E-state index contributed by atoms with van der Waals surface area (Å²) in [6.07, 6.45) is 5.85. The number of esters is 1. The van der Waals surface area contributed by atoms with Gasteiger partial charge >= 0.3 is 5.97 Å². The van der Waals surface area contributed by atoms with Gasteiger partial charge in [0.25, 0.3) is 0 Å². The molecule has 1 atom stereocenters. The van der Waals surface area contributed by atoms with Crippen LogP contribution in [0, 0.1) is 0 Å². The molecule has 0 spiro atoms. The zero-order valence-corrected chi connectivity index (χ0v) is 16.8. The Labute approximate surface area is 167 Å². The summed E-state index contributed by atoms with van der Waals surface area (Å²) in [7, 11) is 0. The first-order chi connectivity index (χ1) is 13.2. The monoisotopic (exact) mass is 424 g/mol. The first-order valence-corrected chi connectivity index (χ1v) is 10.0. The van der Waals surface area contributed by atoms with E-state index in [-0.39, 0.29) is 11.5 Å². The van der Waals surface area contributed by atoms with Gasteiger partial charge in [-0.05, 0) is 43.0 Å². The van der Waals surface area contributed by atoms with Crippen LogP contribution in [0.25, 0.3) is 11.4 Å². The second kappa shape index (κ2) is 7.31. The van der Waals surface area contributed by atoms with Crippen molar-refractivity contribution in [3.05, 3.63) is 76.5 Å². The molecule has 2 heterocycles. The van der Waals surface area contributed by atoms with Crippen LogP contribution >= 0.6 is 15.9 Å². The highest BCUT2D eigenvalue weighted by atomic mass is 79.9. The van der Waals surface area contributed by atoms with Crippen LogP contribution in [0.1, 0.15) is 37.3 Å². The van der Waals surface area contributed by atoms with Crippen molar-refractivity contribution >= 4 is 21.9 Å². The Morgan fingerprint density at radius 2 is 1.96 bits per heavy atom. The molecule has 3 aromatic rings. The molecule has 0 N–H and O–H groups in total. The van der Waals surface area contributed by atoms with Crippen molar-refractivity contribution in [3.8, 4) is 11.4 Å². The molecule has 138 valence electrons. The molecule has 4 rings (SSSR count). The van der Waals surface area contributed by atoms with Crippen molar-refractivity contribution in [1.29, 1.82) is 0 Å². The third-order valence-corrected chi connectivity index (χ3v) is 5.74. The van der Waals surface area contributed by atoms with E-state index in [1.807, 2.05) is 25.4 Å². The molecule has 1 unspecified atom stereocenters. The standard InChI is InChI=1S/C22H21BrN2O2/c1-2-27-20(26)8-5-13-22(16-9-11-17(23)12-10-16)19-7-4-3-6-18(19)21-24-14-15-25(21)22/h3-4,6-7,9-12,14-15H,2,5,8,13H2,1H3. The number of rotatable bonds is 6. The fourth-order valence-electron chi connectivity index (χ4n) is 4.12. The van der Waals surface area contributed by atoms with Crippen LogP contribution < -0.4 is 0 Å². The summed E-state index contributed by atoms with van der Waals surface area (Å²) in [5.41, 5.74) is 3.22. The number of imidazole rings is 1. The Hall–Kier alpha value is -2.40. The van der Waals surface area contributed by atoms with E-state index in [1.165, 1.54) is 11.1 Å². The van der Waals surface area contributed by atoms with Gasteiger partial charge in [0, 0.05) is 28.9 Å². The number of fused-ring (bicyclic) bond motifs is 3. The maximum Gasteiger partial charge on any atom is 0.305 e. The van der Waals surface area contributed by atoms with Gasteiger partial charge in [-0.15, -0.1) is 0 Å². The van der Waals surface area contributed by atoms with E-state index in [1.54, 1.807) is 0 Å². The lowest BCUT2D eigenvalue weighted by atomic mass is 9.79. The van der Waals surface area contributed by atoms with E-state index in [0.717, 1.165) is 28.7 Å². The molecule has 1 aliphatic rings. The van der Waals surface area contributed by atoms with Crippen molar-refractivity contribution in [2.75, 3.05) is 6.61 Å². The normalized spacial score (nSPS) is 17.4. The summed E-state index contributed by atoms with van der Waals surface area (Å²) in [6.45, 7) is 2.26. The lowest BCUT2D eigenvalue weighted by Gasteiger charge is -2.34. The topological polar surface area (TPSA) is 44.1 Å². The second-order valence-electron chi connectivity index (χ2n) is 6.69. The highest BCUT2D eigenvalue weighted by molar-refractivity contribution is 9.10. The third kappa shape index (κ3) is 3.00. The van der Waals surface area contributed by atoms with E-state index in [0.29, 0.717) is 13.0 Å². The minimum absolute atomic E-state index is 0.138. The summed E-state index contributed by atoms with van der Waals surface area (Å²) in [6, 6.07) is 16.9. The van der Waals surface area contributed by atoms with Gasteiger partial charge in [0.2, 0.25) is 0 Å². The van der Waals surface area contributed by atoms with Gasteiger partial charge in [-0.3, -0.25) is 4.79 Å². The van der Waals surface area contributed by atoms with Crippen LogP contribution in [-0.4, -0.2) is 22.1 Å². The van der Waals surface area contributed by atoms with E-state index >= 15 is 0 Å². The molecule has 0 amide bonds. The number of nitrogens with zero attached hydrogens (tertiary/aromatic N) is 2. The Morgan fingerprint density at radius 1 is 1.19 bits per heavy atom. The molecular weight excluding hydrogens is 404 g/mol. The second-order valence-corrected chi connectivity index (χ2v) is 7.61. The van der Waals surface area contributed by atoms with Crippen LogP contribution in [0.3, 0.4) is 0 Å². The van der Waals surface area contributed by atoms with Crippen molar-refractivity contribution in [3.63, 3.8) is 0 Å². The molecule has 1 aliphatic heterocycles. The SMILES string of the molecule is CCOC(=O)CCCC1(c2ccc(Br)cc2)c2ccccc2-c2nccn21. The van der Waals surface area contributed by atoms with Crippen LogP contribution in [0.2, 0.25) is 0 Å². The lowest BCUT2D eigenvalue weighted by Crippen LogP contribution is -2.33. The third-order valence-electron chi connectivity index (χ3n) is 5.21. The summed E-state index contributed by atoms with van der Waals surface area (Å²) in [5, 5.41) is 0. The van der Waals surface area contributed by atoms with Gasteiger partial charge < -0.3 is 9.30 Å². The zero-order chi connectivity index (χ0) is 18.9. The Bertz CT molecular complexity index is 964. The molecular formula is C22H21BrN2O2. The Morgan fingerprint density at radius 3 is 2.74 bits per heavy atom. The molecule has 4 nitrogen and oxygen atoms in total. The smallest absolute Gasteiger partial charge is 0.305 e. The quantitative estimate of drug-likeness (QED) is 0.513. The summed E-state index contributed by atoms with van der Waals surface area (Å²) in [4.78, 5) is 16.5. The highest BCUT2D eigenvalue weighted by Gasteiger charge is 2.44. The van der Waals surface area contributed by atoms with Crippen LogP contribution in [0.15, 0.2) is 65.4 Å². The number of halogens is 1. The number of benzene rings is 2. The zero-order valence-electron chi connectivity index (χ0n) is 15.2. The van der Waals surface area contributed by atoms with Crippen LogP contribution in [0.4, 0.5) is 0 Å². The van der Waals surface area contributed by atoms with Gasteiger partial charge in [0.05, 0.1) is 12.1 Å². The van der Waals surface area contributed by atoms with E-state index in [4.69, 9.17) is 4.74 Å². The predicted octanol–water partition coefficient (Wildman–Crippen LogP) is 5.15. The lowest BCUT2D eigenvalue weighted by molar-refractivity contribution is -0.143. The molecule has 0 bridgehead atoms. The fourth-order valence-corrected chi connectivity index (χ4v) is 4.38. The summed E-state index contributed by atoms with van der Waals surface area (Å²) in [5.74, 6) is 0.838. The van der Waals surface area contributed by atoms with Gasteiger partial charge in [-0.1, -0.05) is 52.3 Å². The molecule has 0 aliphatic carbocycles. The Balaban J connectivity index is 1.80. The minimum Gasteiger partial charge on any atom is -0.466 e. The number of aromatic nitrogens is 2. The molecule has 0 radical (unpaired) electrons. The average molecular weight is 425 g/mol. The number of hydrogen-bond acceptors (Lipinski definition) is 3. The maximum absolute atomic E-state index is 11.9. The maximum atomic E-state index is 11.9. The number of hydrogen-bond donors (Lipinski definition) is 0. The molecule has 0 saturated heterocycles. The molecule has 0 saturated carbocycles. The van der Waals surface area contributed by atoms with Crippen LogP contribution in [0.5, 0.6) is 0 Å². The molecule has 27 heavy (non-hydrogen) atoms. The van der Waals surface area contributed by atoms with E-state index in [9.17, 15) is 4.79 Å². The minimum atomic E-state index is -0.365. The van der Waals surface area contributed by atoms with Gasteiger partial charge in [0.15, 0.2) is 0 Å². The first kappa shape index (κ1) is 18.0. The predicted molar refractivity (Wildman–Crippen MR) is 108 cm³/mol. The van der Waals surface area contributed by atoms with Crippen molar-refractivity contribution < 1.29 is 9.53 Å². The van der Waals surface area contributed by atoms with Gasteiger partial charge in [0.1, 0.15) is 5.82 Å². The van der Waals surface area contributed by atoms with E-state index in [2.05, 4.69) is 67.9 Å². The average Bonchev–Trinajstić information content (AvgIpc) is 3.25. The van der Waals surface area contributed by atoms with Gasteiger partial charge in [-0.2, -0.15) is 0 Å². The largest absolute Gasteiger partial charge is 0.466 e. The van der Waals surface area contributed by atoms with Crippen molar-refractivity contribution in [2.24, 2.45) is 0 Å². The van der Waals surface area contributed by atoms with Gasteiger partial charge in [-0.25, -0.2) is 4.98 Å². The highest BCUT2D eigenvalue weighted by Crippen LogP contribution is 2.49. The summed E-state index contributed by atoms with van der Waals surface area (Å²) < 4.78 is 8.42. The van der Waals surface area contributed by atoms with Crippen molar-refractivity contribution in [1.82, 2.24) is 9.55 Å². The van der Waals surface area contributed by atoms with Crippen molar-refractivity contribution in [2.45, 2.75) is 31.7 Å².